The standard InChI is InChI=1S/C11H13IN2OS/c1-3-8-6-9(12)4-5-10(8)14-11(16)13-7(2)15/h4-6H,3H2,1-2H3,(H2,13,14,15,16). The topological polar surface area (TPSA) is 41.1 Å². The van der Waals surface area contributed by atoms with E-state index in [-0.39, 0.29) is 5.91 Å². The molecule has 0 heterocycles. The summed E-state index contributed by atoms with van der Waals surface area (Å²) in [7, 11) is 0. The van der Waals surface area contributed by atoms with Crippen LogP contribution in [0.4, 0.5) is 5.69 Å². The second kappa shape index (κ2) is 6.15. The lowest BCUT2D eigenvalue weighted by molar-refractivity contribution is -0.117. The Morgan fingerprint density at radius 2 is 2.19 bits per heavy atom. The summed E-state index contributed by atoms with van der Waals surface area (Å²) in [6.07, 6.45) is 0.919. The van der Waals surface area contributed by atoms with Crippen LogP contribution in [0.25, 0.3) is 0 Å². The zero-order valence-electron chi connectivity index (χ0n) is 9.13. The van der Waals surface area contributed by atoms with Gasteiger partial charge in [0.1, 0.15) is 0 Å². The number of rotatable bonds is 2. The molecule has 0 saturated carbocycles. The summed E-state index contributed by atoms with van der Waals surface area (Å²) in [5, 5.41) is 5.89. The van der Waals surface area contributed by atoms with Crippen LogP contribution in [0, 0.1) is 3.57 Å². The SMILES string of the molecule is CCc1cc(I)ccc1NC(=S)NC(C)=O. The molecule has 1 aromatic rings. The molecular formula is C11H13IN2OS. The van der Waals surface area contributed by atoms with E-state index in [1.165, 1.54) is 16.1 Å². The van der Waals surface area contributed by atoms with Gasteiger partial charge in [0.15, 0.2) is 5.11 Å². The van der Waals surface area contributed by atoms with Crippen LogP contribution in [-0.2, 0) is 11.2 Å². The molecule has 0 spiro atoms. The first-order chi connectivity index (χ1) is 7.52. The van der Waals surface area contributed by atoms with Crippen molar-refractivity contribution in [3.05, 3.63) is 27.3 Å². The Kier molecular flexibility index (Phi) is 5.14. The Labute approximate surface area is 114 Å². The normalized spacial score (nSPS) is 9.69. The van der Waals surface area contributed by atoms with Gasteiger partial charge in [-0.1, -0.05) is 6.92 Å². The Hall–Kier alpha value is -0.690. The lowest BCUT2D eigenvalue weighted by atomic mass is 10.1. The van der Waals surface area contributed by atoms with Crippen molar-refractivity contribution in [1.29, 1.82) is 0 Å². The molecule has 2 N–H and O–H groups in total. The average Bonchev–Trinajstić information content (AvgIpc) is 2.19. The van der Waals surface area contributed by atoms with Crippen molar-refractivity contribution in [3.63, 3.8) is 0 Å². The number of anilines is 1. The summed E-state index contributed by atoms with van der Waals surface area (Å²) in [5.74, 6) is -0.166. The molecule has 0 unspecified atom stereocenters. The van der Waals surface area contributed by atoms with Crippen LogP contribution in [0.2, 0.25) is 0 Å². The highest BCUT2D eigenvalue weighted by Gasteiger charge is 2.04. The maximum absolute atomic E-state index is 10.8. The molecule has 86 valence electrons. The van der Waals surface area contributed by atoms with Crippen molar-refractivity contribution < 1.29 is 4.79 Å². The number of nitrogens with one attached hydrogen (secondary N) is 2. The molecule has 0 bridgehead atoms. The van der Waals surface area contributed by atoms with E-state index in [4.69, 9.17) is 12.2 Å². The van der Waals surface area contributed by atoms with Gasteiger partial charge in [0.25, 0.3) is 0 Å². The lowest BCUT2D eigenvalue weighted by Gasteiger charge is -2.12. The highest BCUT2D eigenvalue weighted by Crippen LogP contribution is 2.19. The molecule has 0 aliphatic carbocycles. The molecule has 0 aromatic heterocycles. The van der Waals surface area contributed by atoms with Gasteiger partial charge in [0.05, 0.1) is 0 Å². The summed E-state index contributed by atoms with van der Waals surface area (Å²) in [6, 6.07) is 6.06. The number of amides is 1. The van der Waals surface area contributed by atoms with Gasteiger partial charge in [-0.15, -0.1) is 0 Å². The van der Waals surface area contributed by atoms with Crippen LogP contribution >= 0.6 is 34.8 Å². The van der Waals surface area contributed by atoms with E-state index in [2.05, 4.69) is 46.2 Å². The Morgan fingerprint density at radius 3 is 2.75 bits per heavy atom. The molecule has 1 amide bonds. The van der Waals surface area contributed by atoms with Gasteiger partial charge in [-0.25, -0.2) is 0 Å². The van der Waals surface area contributed by atoms with E-state index in [0.717, 1.165) is 12.1 Å². The van der Waals surface area contributed by atoms with Gasteiger partial charge in [0, 0.05) is 16.2 Å². The second-order valence-electron chi connectivity index (χ2n) is 3.29. The third-order valence-corrected chi connectivity index (χ3v) is 2.86. The van der Waals surface area contributed by atoms with Crippen LogP contribution < -0.4 is 10.6 Å². The number of thiocarbonyl (C=S) groups is 1. The molecule has 3 nitrogen and oxygen atoms in total. The lowest BCUT2D eigenvalue weighted by Crippen LogP contribution is -2.32. The molecule has 0 saturated heterocycles. The molecule has 0 radical (unpaired) electrons. The first kappa shape index (κ1) is 13.4. The van der Waals surface area contributed by atoms with Gasteiger partial charge in [-0.05, 0) is 65.0 Å². The van der Waals surface area contributed by atoms with Crippen LogP contribution in [0.1, 0.15) is 19.4 Å². The van der Waals surface area contributed by atoms with Crippen molar-refractivity contribution in [2.24, 2.45) is 0 Å². The number of hydrogen-bond acceptors (Lipinski definition) is 2. The molecular weight excluding hydrogens is 335 g/mol. The summed E-state index contributed by atoms with van der Waals surface area (Å²) in [5.41, 5.74) is 2.13. The highest BCUT2D eigenvalue weighted by atomic mass is 127. The molecule has 16 heavy (non-hydrogen) atoms. The zero-order valence-corrected chi connectivity index (χ0v) is 12.1. The van der Waals surface area contributed by atoms with Crippen molar-refractivity contribution in [2.45, 2.75) is 20.3 Å². The van der Waals surface area contributed by atoms with Crippen LogP contribution in [0.3, 0.4) is 0 Å². The summed E-state index contributed by atoms with van der Waals surface area (Å²) in [6.45, 7) is 3.51. The van der Waals surface area contributed by atoms with E-state index in [0.29, 0.717) is 5.11 Å². The third-order valence-electron chi connectivity index (χ3n) is 1.99. The number of hydrogen-bond donors (Lipinski definition) is 2. The van der Waals surface area contributed by atoms with E-state index in [1.54, 1.807) is 0 Å². The van der Waals surface area contributed by atoms with Gasteiger partial charge >= 0.3 is 0 Å². The molecule has 1 aromatic carbocycles. The first-order valence-electron chi connectivity index (χ1n) is 4.90. The van der Waals surface area contributed by atoms with E-state index in [9.17, 15) is 4.79 Å². The highest BCUT2D eigenvalue weighted by molar-refractivity contribution is 14.1. The van der Waals surface area contributed by atoms with Gasteiger partial charge in [-0.3, -0.25) is 4.79 Å². The Morgan fingerprint density at radius 1 is 1.50 bits per heavy atom. The molecule has 0 fully saturated rings. The maximum Gasteiger partial charge on any atom is 0.222 e. The number of aryl methyl sites for hydroxylation is 1. The number of benzene rings is 1. The minimum absolute atomic E-state index is 0.166. The summed E-state index contributed by atoms with van der Waals surface area (Å²) in [4.78, 5) is 10.8. The third kappa shape index (κ3) is 4.05. The van der Waals surface area contributed by atoms with Gasteiger partial charge in [0.2, 0.25) is 5.91 Å². The fourth-order valence-electron chi connectivity index (χ4n) is 1.29. The summed E-state index contributed by atoms with van der Waals surface area (Å²) < 4.78 is 1.19. The van der Waals surface area contributed by atoms with E-state index < -0.39 is 0 Å². The fraction of sp³-hybridized carbons (Fsp3) is 0.273. The molecule has 0 aliphatic rings. The zero-order chi connectivity index (χ0) is 12.1. The Balaban J connectivity index is 2.80. The molecule has 1 rings (SSSR count). The quantitative estimate of drug-likeness (QED) is 0.638. The van der Waals surface area contributed by atoms with Crippen molar-refractivity contribution in [3.8, 4) is 0 Å². The smallest absolute Gasteiger partial charge is 0.222 e. The monoisotopic (exact) mass is 348 g/mol. The number of halogens is 1. The fourth-order valence-corrected chi connectivity index (χ4v) is 2.10. The maximum atomic E-state index is 10.8. The van der Waals surface area contributed by atoms with Crippen LogP contribution in [0.15, 0.2) is 18.2 Å². The number of carbonyl (C=O) groups excluding carboxylic acids is 1. The van der Waals surface area contributed by atoms with E-state index in [1.807, 2.05) is 12.1 Å². The summed E-state index contributed by atoms with van der Waals surface area (Å²) >= 11 is 7.28. The first-order valence-corrected chi connectivity index (χ1v) is 6.38. The molecule has 0 aliphatic heterocycles. The molecule has 5 heteroatoms. The second-order valence-corrected chi connectivity index (χ2v) is 4.94. The number of carbonyl (C=O) groups is 1. The van der Waals surface area contributed by atoms with Crippen molar-refractivity contribution >= 4 is 51.5 Å². The van der Waals surface area contributed by atoms with Gasteiger partial charge in [-0.2, -0.15) is 0 Å². The minimum Gasteiger partial charge on any atom is -0.332 e. The minimum atomic E-state index is -0.166. The predicted molar refractivity (Wildman–Crippen MR) is 78.6 cm³/mol. The molecule has 0 atom stereocenters. The predicted octanol–water partition coefficient (Wildman–Crippen LogP) is 2.69. The largest absolute Gasteiger partial charge is 0.332 e. The average molecular weight is 348 g/mol. The van der Waals surface area contributed by atoms with Crippen molar-refractivity contribution in [1.82, 2.24) is 5.32 Å². The van der Waals surface area contributed by atoms with Gasteiger partial charge < -0.3 is 10.6 Å². The Bertz CT molecular complexity index is 420. The van der Waals surface area contributed by atoms with Crippen molar-refractivity contribution in [2.75, 3.05) is 5.32 Å². The van der Waals surface area contributed by atoms with Crippen LogP contribution in [0.5, 0.6) is 0 Å². The van der Waals surface area contributed by atoms with Crippen LogP contribution in [-0.4, -0.2) is 11.0 Å². The van der Waals surface area contributed by atoms with E-state index >= 15 is 0 Å².